The molecule has 2 heterocycles. The zero-order valence-corrected chi connectivity index (χ0v) is 30.8. The van der Waals surface area contributed by atoms with Crippen molar-refractivity contribution in [3.05, 3.63) is 121 Å². The minimum atomic E-state index is -3.47. The van der Waals surface area contributed by atoms with E-state index in [1.165, 1.54) is 24.4 Å². The fourth-order valence-corrected chi connectivity index (χ4v) is 5.93. The van der Waals surface area contributed by atoms with Crippen molar-refractivity contribution in [2.45, 2.75) is 45.5 Å². The van der Waals surface area contributed by atoms with E-state index in [2.05, 4.69) is 39.8 Å². The fraction of sp³-hybridized carbons (Fsp3) is 0.179. The van der Waals surface area contributed by atoms with Gasteiger partial charge in [0.1, 0.15) is 0 Å². The lowest BCUT2D eigenvalue weighted by Gasteiger charge is -2.27. The first-order chi connectivity index (χ1) is 29.1. The van der Waals surface area contributed by atoms with Crippen molar-refractivity contribution in [2.75, 3.05) is 10.6 Å². The van der Waals surface area contributed by atoms with Crippen molar-refractivity contribution >= 4 is 23.2 Å². The Kier molecular flexibility index (Phi) is 13.3. The molecule has 61 heavy (non-hydrogen) atoms. The maximum atomic E-state index is 15.0. The van der Waals surface area contributed by atoms with Gasteiger partial charge in [0.25, 0.3) is 11.8 Å². The number of para-hydroxylation sites is 1. The van der Waals surface area contributed by atoms with E-state index in [1.54, 1.807) is 25.1 Å². The number of alkyl halides is 8. The van der Waals surface area contributed by atoms with E-state index < -0.39 is 90.7 Å². The third kappa shape index (κ3) is 10.5. The molecule has 12 nitrogen and oxygen atoms in total. The van der Waals surface area contributed by atoms with Gasteiger partial charge in [-0.2, -0.15) is 45.3 Å². The summed E-state index contributed by atoms with van der Waals surface area (Å²) in [5.74, 6) is -8.10. The van der Waals surface area contributed by atoms with Gasteiger partial charge >= 0.3 is 26.4 Å². The molecule has 2 atom stereocenters. The molecule has 0 bridgehead atoms. The van der Waals surface area contributed by atoms with Gasteiger partial charge in [-0.3, -0.25) is 19.0 Å². The molecule has 0 radical (unpaired) electrons. The average Bonchev–Trinajstić information content (AvgIpc) is 3.88. The van der Waals surface area contributed by atoms with Gasteiger partial charge < -0.3 is 29.6 Å². The lowest BCUT2D eigenvalue weighted by atomic mass is 10.1. The van der Waals surface area contributed by atoms with Crippen molar-refractivity contribution in [1.29, 1.82) is 0 Å². The fourth-order valence-electron chi connectivity index (χ4n) is 5.93. The molecule has 2 amide bonds. The lowest BCUT2D eigenvalue weighted by Crippen LogP contribution is -2.40. The van der Waals surface area contributed by atoms with E-state index >= 15 is 0 Å². The molecule has 0 fully saturated rings. The van der Waals surface area contributed by atoms with Crippen LogP contribution in [-0.2, 0) is 9.59 Å². The molecule has 320 valence electrons. The molecule has 0 aliphatic heterocycles. The summed E-state index contributed by atoms with van der Waals surface area (Å²) >= 11 is 0. The monoisotopic (exact) mass is 866 g/mol. The van der Waals surface area contributed by atoms with Crippen LogP contribution in [0.15, 0.2) is 103 Å². The van der Waals surface area contributed by atoms with E-state index in [1.807, 2.05) is 0 Å². The van der Waals surface area contributed by atoms with Crippen LogP contribution in [0.2, 0.25) is 0 Å². The Bertz CT molecular complexity index is 2500. The number of rotatable bonds is 17. The summed E-state index contributed by atoms with van der Waals surface area (Å²) in [4.78, 5) is 28.9. The summed E-state index contributed by atoms with van der Waals surface area (Å²) in [5.41, 5.74) is -0.141. The van der Waals surface area contributed by atoms with Crippen LogP contribution in [0, 0.1) is 18.6 Å². The number of carbonyl (C=O) groups is 2. The van der Waals surface area contributed by atoms with E-state index in [0.29, 0.717) is 5.56 Å². The van der Waals surface area contributed by atoms with Crippen LogP contribution in [-0.4, -0.2) is 57.8 Å². The third-order valence-corrected chi connectivity index (χ3v) is 8.58. The highest BCUT2D eigenvalue weighted by Gasteiger charge is 2.39. The summed E-state index contributed by atoms with van der Waals surface area (Å²) < 4.78 is 154. The highest BCUT2D eigenvalue weighted by Crippen LogP contribution is 2.38. The Morgan fingerprint density at radius 3 is 1.43 bits per heavy atom. The number of benzene rings is 4. The van der Waals surface area contributed by atoms with Gasteiger partial charge in [0, 0.05) is 29.2 Å². The average molecular weight is 867 g/mol. The second kappa shape index (κ2) is 18.8. The number of amides is 2. The predicted molar refractivity (Wildman–Crippen MR) is 195 cm³/mol. The molecule has 0 saturated carbocycles. The van der Waals surface area contributed by atoms with E-state index in [0.717, 1.165) is 70.2 Å². The normalized spacial score (nSPS) is 12.4. The number of nitrogens with zero attached hydrogens (tertiary/aromatic N) is 4. The molecular formula is C39H28F10N6O6. The number of anilines is 2. The topological polar surface area (TPSA) is 131 Å². The number of hydrogen-bond donors (Lipinski definition) is 2. The van der Waals surface area contributed by atoms with E-state index in [4.69, 9.17) is 0 Å². The Balaban J connectivity index is 1.49. The van der Waals surface area contributed by atoms with Gasteiger partial charge in [-0.05, 0) is 79.2 Å². The van der Waals surface area contributed by atoms with Crippen LogP contribution >= 0.6 is 0 Å². The summed E-state index contributed by atoms with van der Waals surface area (Å²) in [5, 5.41) is 13.7. The van der Waals surface area contributed by atoms with Crippen LogP contribution in [0.5, 0.6) is 23.0 Å². The van der Waals surface area contributed by atoms with Crippen molar-refractivity contribution in [1.82, 2.24) is 19.6 Å². The zero-order valence-electron chi connectivity index (χ0n) is 30.8. The maximum absolute atomic E-state index is 15.0. The molecule has 22 heteroatoms. The minimum Gasteiger partial charge on any atom is -0.431 e. The highest BCUT2D eigenvalue weighted by molar-refractivity contribution is 6.02. The number of aryl methyl sites for hydroxylation is 1. The second-order valence-corrected chi connectivity index (χ2v) is 12.5. The van der Waals surface area contributed by atoms with E-state index in [9.17, 15) is 53.5 Å². The van der Waals surface area contributed by atoms with Gasteiger partial charge in [-0.25, -0.2) is 8.78 Å². The van der Waals surface area contributed by atoms with Crippen molar-refractivity contribution in [3.8, 4) is 45.5 Å². The maximum Gasteiger partial charge on any atom is 0.387 e. The van der Waals surface area contributed by atoms with Crippen molar-refractivity contribution in [2.24, 2.45) is 0 Å². The minimum absolute atomic E-state index is 0.0284. The van der Waals surface area contributed by atoms with Crippen LogP contribution < -0.4 is 29.6 Å². The summed E-state index contributed by atoms with van der Waals surface area (Å²) in [6, 6.07) is 13.9. The zero-order chi connectivity index (χ0) is 44.0. The molecule has 0 aliphatic carbocycles. The smallest absolute Gasteiger partial charge is 0.387 e. The van der Waals surface area contributed by atoms with Gasteiger partial charge in [0.2, 0.25) is 0 Å². The number of nitrogens with one attached hydrogen (secondary N) is 2. The number of hydrogen-bond acceptors (Lipinski definition) is 8. The first kappa shape index (κ1) is 43.3. The quantitative estimate of drug-likeness (QED) is 0.0868. The van der Waals surface area contributed by atoms with Crippen LogP contribution in [0.25, 0.3) is 22.5 Å². The predicted octanol–water partition coefficient (Wildman–Crippen LogP) is 9.47. The second-order valence-electron chi connectivity index (χ2n) is 12.5. The Morgan fingerprint density at radius 1 is 0.541 bits per heavy atom. The molecule has 2 aromatic heterocycles. The largest absolute Gasteiger partial charge is 0.431 e. The first-order valence-corrected chi connectivity index (χ1v) is 17.4. The molecule has 2 N–H and O–H groups in total. The third-order valence-electron chi connectivity index (χ3n) is 8.58. The Morgan fingerprint density at radius 2 is 0.967 bits per heavy atom. The Hall–Kier alpha value is -7.26. The molecule has 2 unspecified atom stereocenters. The van der Waals surface area contributed by atoms with Gasteiger partial charge in [0.05, 0.1) is 17.1 Å². The summed E-state index contributed by atoms with van der Waals surface area (Å²) in [7, 11) is 0. The van der Waals surface area contributed by atoms with Crippen molar-refractivity contribution in [3.63, 3.8) is 0 Å². The standard InChI is InChI=1S/C39H28F10N6O6/c1-19-5-2-3-7-23(19)50-34(56)32(54-15-13-24(52-54)20-9-11-27(58-36(42)43)29(17-20)60-38(46)47)33(35(57)51-26-8-4-6-22(40)31(26)41)55-16-14-25(53-55)21-10-12-28(59-37(44)45)30(18-21)61-39(48)49/h2-18,32-33,36-39H,1H3,(H,50,56)(H,51,57). The van der Waals surface area contributed by atoms with Gasteiger partial charge in [0.15, 0.2) is 46.7 Å². The molecule has 6 rings (SSSR count). The molecule has 4 aromatic carbocycles. The molecule has 0 spiro atoms. The van der Waals surface area contributed by atoms with Gasteiger partial charge in [-0.15, -0.1) is 0 Å². The van der Waals surface area contributed by atoms with Crippen LogP contribution in [0.4, 0.5) is 55.3 Å². The van der Waals surface area contributed by atoms with Crippen LogP contribution in [0.1, 0.15) is 17.6 Å². The van der Waals surface area contributed by atoms with E-state index in [-0.39, 0.29) is 28.2 Å². The Labute approximate surface area is 337 Å². The number of ether oxygens (including phenoxy) is 4. The summed E-state index contributed by atoms with van der Waals surface area (Å²) in [6.45, 7) is -12.1. The number of aromatic nitrogens is 4. The summed E-state index contributed by atoms with van der Waals surface area (Å²) in [6.07, 6.45) is 2.32. The molecule has 6 aromatic rings. The molecule has 0 aliphatic rings. The van der Waals surface area contributed by atoms with Crippen LogP contribution in [0.3, 0.4) is 0 Å². The number of halogens is 10. The van der Waals surface area contributed by atoms with Gasteiger partial charge in [-0.1, -0.05) is 24.3 Å². The van der Waals surface area contributed by atoms with Crippen molar-refractivity contribution < 1.29 is 72.4 Å². The first-order valence-electron chi connectivity index (χ1n) is 17.4. The number of carbonyl (C=O) groups excluding carboxylic acids is 2. The lowest BCUT2D eigenvalue weighted by molar-refractivity contribution is -0.128. The molecular weight excluding hydrogens is 838 g/mol. The SMILES string of the molecule is Cc1ccccc1NC(=O)C(C(C(=O)Nc1cccc(F)c1F)n1ccc(-c2ccc(OC(F)F)c(OC(F)F)c2)n1)n1ccc(-c2ccc(OC(F)F)c(OC(F)F)c2)n1. The highest BCUT2D eigenvalue weighted by atomic mass is 19.3. The molecule has 0 saturated heterocycles.